The number of nitrogens with two attached hydrogens (primary N) is 1. The third kappa shape index (κ3) is 11.1. The summed E-state index contributed by atoms with van der Waals surface area (Å²) in [5.41, 5.74) is 6.99. The summed E-state index contributed by atoms with van der Waals surface area (Å²) in [5.74, 6) is -2.29. The molecule has 10 heteroatoms. The number of carbonyl (C=O) groups is 4. The van der Waals surface area contributed by atoms with Crippen molar-refractivity contribution in [2.24, 2.45) is 17.6 Å². The fourth-order valence-electron chi connectivity index (χ4n) is 3.49. The average Bonchev–Trinajstić information content (AvgIpc) is 2.79. The van der Waals surface area contributed by atoms with Crippen LogP contribution in [0.25, 0.3) is 0 Å². The van der Waals surface area contributed by atoms with Gasteiger partial charge in [-0.05, 0) is 48.7 Å². The van der Waals surface area contributed by atoms with Crippen LogP contribution in [0, 0.1) is 11.8 Å². The lowest BCUT2D eigenvalue weighted by atomic mass is 10.00. The molecule has 1 rings (SSSR count). The van der Waals surface area contributed by atoms with Crippen LogP contribution in [0.5, 0.6) is 0 Å². The van der Waals surface area contributed by atoms with Crippen LogP contribution in [-0.2, 0) is 25.6 Å². The van der Waals surface area contributed by atoms with Gasteiger partial charge in [0.15, 0.2) is 0 Å². The highest BCUT2D eigenvalue weighted by molar-refractivity contribution is 7.98. The van der Waals surface area contributed by atoms with Gasteiger partial charge in [-0.2, -0.15) is 11.8 Å². The predicted molar refractivity (Wildman–Crippen MR) is 139 cm³/mol. The van der Waals surface area contributed by atoms with Crippen LogP contribution >= 0.6 is 11.8 Å². The van der Waals surface area contributed by atoms with Crippen molar-refractivity contribution in [2.45, 2.75) is 71.1 Å². The van der Waals surface area contributed by atoms with E-state index in [0.717, 1.165) is 5.56 Å². The number of carboxylic acid groups (broad SMARTS) is 1. The topological polar surface area (TPSA) is 151 Å². The van der Waals surface area contributed by atoms with Crippen molar-refractivity contribution in [3.8, 4) is 0 Å². The van der Waals surface area contributed by atoms with E-state index >= 15 is 0 Å². The van der Waals surface area contributed by atoms with Crippen molar-refractivity contribution in [2.75, 3.05) is 12.0 Å². The third-order valence-corrected chi connectivity index (χ3v) is 6.09. The van der Waals surface area contributed by atoms with Gasteiger partial charge in [0.25, 0.3) is 0 Å². The first-order valence-corrected chi connectivity index (χ1v) is 13.3. The van der Waals surface area contributed by atoms with Gasteiger partial charge >= 0.3 is 5.97 Å². The molecule has 0 aromatic heterocycles. The zero-order chi connectivity index (χ0) is 26.5. The van der Waals surface area contributed by atoms with E-state index in [1.807, 2.05) is 50.4 Å². The van der Waals surface area contributed by atoms with Crippen LogP contribution in [0.3, 0.4) is 0 Å². The molecule has 0 fully saturated rings. The standard InChI is InChI=1S/C25H40N4O5S/c1-15(2)13-20(25(33)34)28-24(32)21(16(3)4)29-23(31)19(11-12-35-5)27-22(30)18(26)14-17-9-7-6-8-10-17/h6-10,15-16,18-21H,11-14,26H2,1-5H3,(H,27,30)(H,28,32)(H,29,31)(H,33,34). The first-order chi connectivity index (χ1) is 16.5. The highest BCUT2D eigenvalue weighted by atomic mass is 32.2. The van der Waals surface area contributed by atoms with Crippen molar-refractivity contribution < 1.29 is 24.3 Å². The molecule has 0 radical (unpaired) electrons. The highest BCUT2D eigenvalue weighted by Crippen LogP contribution is 2.10. The van der Waals surface area contributed by atoms with Gasteiger partial charge in [0.2, 0.25) is 17.7 Å². The molecule has 0 spiro atoms. The number of aliphatic carboxylic acids is 1. The molecule has 4 atom stereocenters. The summed E-state index contributed by atoms with van der Waals surface area (Å²) in [6.07, 6.45) is 2.84. The Kier molecular flexibility index (Phi) is 13.4. The molecule has 4 unspecified atom stereocenters. The van der Waals surface area contributed by atoms with Gasteiger partial charge in [-0.15, -0.1) is 0 Å². The minimum Gasteiger partial charge on any atom is -0.480 e. The van der Waals surface area contributed by atoms with E-state index in [4.69, 9.17) is 5.73 Å². The normalized spacial score (nSPS) is 14.6. The van der Waals surface area contributed by atoms with E-state index in [-0.39, 0.29) is 18.3 Å². The quantitative estimate of drug-likeness (QED) is 0.241. The van der Waals surface area contributed by atoms with Gasteiger partial charge in [-0.25, -0.2) is 4.79 Å². The molecule has 0 bridgehead atoms. The van der Waals surface area contributed by atoms with Gasteiger partial charge in [-0.3, -0.25) is 14.4 Å². The summed E-state index contributed by atoms with van der Waals surface area (Å²) in [4.78, 5) is 50.3. The van der Waals surface area contributed by atoms with Crippen molar-refractivity contribution in [1.82, 2.24) is 16.0 Å². The number of nitrogens with one attached hydrogen (secondary N) is 3. The molecule has 9 nitrogen and oxygen atoms in total. The molecule has 0 aliphatic carbocycles. The summed E-state index contributed by atoms with van der Waals surface area (Å²) < 4.78 is 0. The second-order valence-corrected chi connectivity index (χ2v) is 10.4. The largest absolute Gasteiger partial charge is 0.480 e. The first-order valence-electron chi connectivity index (χ1n) is 11.9. The number of carbonyl (C=O) groups excluding carboxylic acids is 3. The molecule has 1 aromatic carbocycles. The maximum Gasteiger partial charge on any atom is 0.326 e. The minimum absolute atomic E-state index is 0.0646. The molecule has 1 aromatic rings. The van der Waals surface area contributed by atoms with Crippen LogP contribution in [0.15, 0.2) is 30.3 Å². The zero-order valence-corrected chi connectivity index (χ0v) is 22.1. The minimum atomic E-state index is -1.13. The SMILES string of the molecule is CSCCC(NC(=O)C(N)Cc1ccccc1)C(=O)NC(C(=O)NC(CC(C)C)C(=O)O)C(C)C. The van der Waals surface area contributed by atoms with E-state index in [2.05, 4.69) is 16.0 Å². The van der Waals surface area contributed by atoms with Crippen LogP contribution in [0.2, 0.25) is 0 Å². The number of hydrogen-bond donors (Lipinski definition) is 5. The molecule has 0 aliphatic rings. The molecule has 0 saturated carbocycles. The molecule has 0 aliphatic heterocycles. The van der Waals surface area contributed by atoms with Gasteiger partial charge in [0, 0.05) is 0 Å². The number of carboxylic acids is 1. The lowest BCUT2D eigenvalue weighted by molar-refractivity contribution is -0.143. The molecule has 196 valence electrons. The number of amides is 3. The summed E-state index contributed by atoms with van der Waals surface area (Å²) in [6, 6.07) is 5.63. The Morgan fingerprint density at radius 3 is 2.03 bits per heavy atom. The zero-order valence-electron chi connectivity index (χ0n) is 21.2. The van der Waals surface area contributed by atoms with Gasteiger partial charge < -0.3 is 26.8 Å². The van der Waals surface area contributed by atoms with Gasteiger partial charge in [-0.1, -0.05) is 58.0 Å². The fourth-order valence-corrected chi connectivity index (χ4v) is 3.96. The number of thioether (sulfide) groups is 1. The summed E-state index contributed by atoms with van der Waals surface area (Å²) >= 11 is 1.53. The number of hydrogen-bond acceptors (Lipinski definition) is 6. The molecule has 0 heterocycles. The van der Waals surface area contributed by atoms with Gasteiger partial charge in [0.05, 0.1) is 6.04 Å². The van der Waals surface area contributed by atoms with Crippen molar-refractivity contribution in [3.63, 3.8) is 0 Å². The summed E-state index contributed by atoms with van der Waals surface area (Å²) in [5, 5.41) is 17.4. The Balaban J connectivity index is 2.90. The van der Waals surface area contributed by atoms with Crippen molar-refractivity contribution in [1.29, 1.82) is 0 Å². The Hall–Kier alpha value is -2.59. The molecule has 3 amide bonds. The summed E-state index contributed by atoms with van der Waals surface area (Å²) in [6.45, 7) is 7.25. The van der Waals surface area contributed by atoms with Crippen LogP contribution in [-0.4, -0.2) is 65.0 Å². The molecule has 0 saturated heterocycles. The first kappa shape index (κ1) is 30.4. The average molecular weight is 509 g/mol. The Labute approximate surface area is 212 Å². The van der Waals surface area contributed by atoms with E-state index in [1.54, 1.807) is 13.8 Å². The highest BCUT2D eigenvalue weighted by Gasteiger charge is 2.32. The van der Waals surface area contributed by atoms with E-state index in [0.29, 0.717) is 18.6 Å². The number of benzene rings is 1. The Bertz CT molecular complexity index is 834. The van der Waals surface area contributed by atoms with Crippen LogP contribution in [0.4, 0.5) is 0 Å². The fraction of sp³-hybridized carbons (Fsp3) is 0.600. The Morgan fingerprint density at radius 2 is 1.51 bits per heavy atom. The lowest BCUT2D eigenvalue weighted by Gasteiger charge is -2.27. The molecule has 6 N–H and O–H groups in total. The van der Waals surface area contributed by atoms with Crippen molar-refractivity contribution in [3.05, 3.63) is 35.9 Å². The Morgan fingerprint density at radius 1 is 0.914 bits per heavy atom. The number of rotatable bonds is 15. The molecule has 35 heavy (non-hydrogen) atoms. The van der Waals surface area contributed by atoms with Crippen LogP contribution in [0.1, 0.15) is 46.1 Å². The predicted octanol–water partition coefficient (Wildman–Crippen LogP) is 1.55. The van der Waals surface area contributed by atoms with Crippen molar-refractivity contribution >= 4 is 35.5 Å². The second-order valence-electron chi connectivity index (χ2n) is 9.40. The lowest BCUT2D eigenvalue weighted by Crippen LogP contribution is -2.58. The monoisotopic (exact) mass is 508 g/mol. The third-order valence-electron chi connectivity index (χ3n) is 5.45. The maximum absolute atomic E-state index is 13.1. The van der Waals surface area contributed by atoms with E-state index in [9.17, 15) is 24.3 Å². The van der Waals surface area contributed by atoms with Crippen LogP contribution < -0.4 is 21.7 Å². The smallest absolute Gasteiger partial charge is 0.326 e. The molecular weight excluding hydrogens is 468 g/mol. The maximum atomic E-state index is 13.1. The van der Waals surface area contributed by atoms with E-state index < -0.39 is 47.9 Å². The molecular formula is C25H40N4O5S. The van der Waals surface area contributed by atoms with Gasteiger partial charge in [0.1, 0.15) is 18.1 Å². The second kappa shape index (κ2) is 15.4. The summed E-state index contributed by atoms with van der Waals surface area (Å²) in [7, 11) is 0. The van der Waals surface area contributed by atoms with E-state index in [1.165, 1.54) is 11.8 Å².